The highest BCUT2D eigenvalue weighted by molar-refractivity contribution is 7.98. The molecule has 1 aliphatic rings. The third-order valence-corrected chi connectivity index (χ3v) is 6.53. The number of hydrogen-bond donors (Lipinski definition) is 2. The van der Waals surface area contributed by atoms with Crippen LogP contribution in [-0.4, -0.2) is 35.1 Å². The molecule has 9 heteroatoms. The van der Waals surface area contributed by atoms with Crippen LogP contribution in [0.15, 0.2) is 77.7 Å². The van der Waals surface area contributed by atoms with Gasteiger partial charge in [0, 0.05) is 34.2 Å². The van der Waals surface area contributed by atoms with Crippen LogP contribution >= 0.6 is 23.4 Å². The number of hydrogen-bond acceptors (Lipinski definition) is 5. The second-order valence-electron chi connectivity index (χ2n) is 7.50. The monoisotopic (exact) mass is 493 g/mol. The van der Waals surface area contributed by atoms with E-state index in [0.29, 0.717) is 21.7 Å². The minimum absolute atomic E-state index is 0.0754. The number of nitrogens with zero attached hydrogens (tertiary/aromatic N) is 1. The molecule has 0 unspecified atom stereocenters. The van der Waals surface area contributed by atoms with Crippen LogP contribution in [0.1, 0.15) is 43.1 Å². The molecule has 0 saturated heterocycles. The number of thioether (sulfide) groups is 1. The van der Waals surface area contributed by atoms with Crippen LogP contribution in [0.3, 0.4) is 0 Å². The molecule has 0 aromatic heterocycles. The van der Waals surface area contributed by atoms with Gasteiger partial charge in [-0.3, -0.25) is 34.9 Å². The summed E-state index contributed by atoms with van der Waals surface area (Å²) < 4.78 is 0. The Morgan fingerprint density at radius 2 is 1.44 bits per heavy atom. The fraction of sp³-hybridized carbons (Fsp3) is 0.120. The number of carbonyl (C=O) groups excluding carboxylic acids is 4. The quantitative estimate of drug-likeness (QED) is 0.294. The van der Waals surface area contributed by atoms with Crippen LogP contribution in [0, 0.1) is 0 Å². The molecule has 1 aliphatic heterocycles. The third-order valence-electron chi connectivity index (χ3n) is 5.19. The van der Waals surface area contributed by atoms with Crippen molar-refractivity contribution in [3.05, 3.63) is 100 Å². The number of rotatable bonds is 7. The fourth-order valence-electron chi connectivity index (χ4n) is 3.37. The van der Waals surface area contributed by atoms with Crippen molar-refractivity contribution in [1.29, 1.82) is 0 Å². The highest BCUT2D eigenvalue weighted by Gasteiger charge is 2.34. The van der Waals surface area contributed by atoms with E-state index < -0.39 is 23.6 Å². The number of imide groups is 1. The molecular formula is C25H20ClN3O4S. The molecule has 7 nitrogen and oxygen atoms in total. The molecule has 0 bridgehead atoms. The SMILES string of the molecule is O=C(CCN1C(=O)c2ccccc2C1=O)NNC(=O)c1ccc(CSc2ccc(Cl)cc2)cc1. The van der Waals surface area contributed by atoms with E-state index in [2.05, 4.69) is 10.9 Å². The molecule has 34 heavy (non-hydrogen) atoms. The number of amides is 4. The van der Waals surface area contributed by atoms with Gasteiger partial charge >= 0.3 is 0 Å². The van der Waals surface area contributed by atoms with Gasteiger partial charge in [0.1, 0.15) is 0 Å². The maximum absolute atomic E-state index is 12.3. The van der Waals surface area contributed by atoms with Crippen molar-refractivity contribution in [2.24, 2.45) is 0 Å². The van der Waals surface area contributed by atoms with Gasteiger partial charge in [0.15, 0.2) is 0 Å². The first-order valence-corrected chi connectivity index (χ1v) is 11.8. The molecule has 0 fully saturated rings. The van der Waals surface area contributed by atoms with Crippen LogP contribution in [-0.2, 0) is 10.5 Å². The average Bonchev–Trinajstić information content (AvgIpc) is 3.10. The summed E-state index contributed by atoms with van der Waals surface area (Å²) in [5, 5.41) is 0.690. The Hall–Kier alpha value is -3.62. The molecule has 172 valence electrons. The Kier molecular flexibility index (Phi) is 7.30. The van der Waals surface area contributed by atoms with Gasteiger partial charge in [0.25, 0.3) is 17.7 Å². The summed E-state index contributed by atoms with van der Waals surface area (Å²) in [7, 11) is 0. The Balaban J connectivity index is 1.22. The first-order chi connectivity index (χ1) is 16.4. The molecule has 0 radical (unpaired) electrons. The summed E-state index contributed by atoms with van der Waals surface area (Å²) >= 11 is 7.55. The van der Waals surface area contributed by atoms with Gasteiger partial charge in [-0.05, 0) is 54.1 Å². The standard InChI is InChI=1S/C25H20ClN3O4S/c26-18-9-11-19(12-10-18)34-15-16-5-7-17(8-6-16)23(31)28-27-22(30)13-14-29-24(32)20-3-1-2-4-21(20)25(29)33/h1-12H,13-15H2,(H,27,30)(H,28,31). The van der Waals surface area contributed by atoms with Crippen molar-refractivity contribution in [3.63, 3.8) is 0 Å². The summed E-state index contributed by atoms with van der Waals surface area (Å²) in [6, 6.07) is 21.2. The predicted octanol–water partition coefficient (Wildman–Crippen LogP) is 4.08. The largest absolute Gasteiger partial charge is 0.274 e. The number of benzene rings is 3. The van der Waals surface area contributed by atoms with Crippen molar-refractivity contribution < 1.29 is 19.2 Å². The average molecular weight is 494 g/mol. The molecule has 4 rings (SSSR count). The van der Waals surface area contributed by atoms with Crippen LogP contribution in [0.4, 0.5) is 0 Å². The lowest BCUT2D eigenvalue weighted by atomic mass is 10.1. The minimum atomic E-state index is -0.513. The Morgan fingerprint density at radius 3 is 2.06 bits per heavy atom. The van der Waals surface area contributed by atoms with Crippen molar-refractivity contribution >= 4 is 47.0 Å². The van der Waals surface area contributed by atoms with Crippen molar-refractivity contribution in [3.8, 4) is 0 Å². The summed E-state index contributed by atoms with van der Waals surface area (Å²) in [5.41, 5.74) is 6.76. The Morgan fingerprint density at radius 1 is 0.824 bits per heavy atom. The third kappa shape index (κ3) is 5.47. The molecular weight excluding hydrogens is 474 g/mol. The predicted molar refractivity (Wildman–Crippen MR) is 129 cm³/mol. The lowest BCUT2D eigenvalue weighted by Gasteiger charge is -2.14. The molecule has 3 aromatic rings. The number of fused-ring (bicyclic) bond motifs is 1. The van der Waals surface area contributed by atoms with E-state index in [1.807, 2.05) is 36.4 Å². The zero-order valence-corrected chi connectivity index (χ0v) is 19.5. The number of carbonyl (C=O) groups is 4. The van der Waals surface area contributed by atoms with E-state index in [0.717, 1.165) is 21.1 Å². The molecule has 4 amide bonds. The van der Waals surface area contributed by atoms with E-state index in [1.54, 1.807) is 48.2 Å². The van der Waals surface area contributed by atoms with Gasteiger partial charge in [0.05, 0.1) is 11.1 Å². The molecule has 0 saturated carbocycles. The molecule has 3 aromatic carbocycles. The molecule has 0 aliphatic carbocycles. The molecule has 1 heterocycles. The van der Waals surface area contributed by atoms with Gasteiger partial charge in [-0.1, -0.05) is 35.9 Å². The van der Waals surface area contributed by atoms with Crippen molar-refractivity contribution in [2.75, 3.05) is 6.54 Å². The number of nitrogens with one attached hydrogen (secondary N) is 2. The van der Waals surface area contributed by atoms with E-state index in [-0.39, 0.29) is 13.0 Å². The van der Waals surface area contributed by atoms with Crippen LogP contribution in [0.25, 0.3) is 0 Å². The second-order valence-corrected chi connectivity index (χ2v) is 8.98. The lowest BCUT2D eigenvalue weighted by Crippen LogP contribution is -2.43. The fourth-order valence-corrected chi connectivity index (χ4v) is 4.35. The van der Waals surface area contributed by atoms with Gasteiger partial charge in [0.2, 0.25) is 5.91 Å². The summed E-state index contributed by atoms with van der Waals surface area (Å²) in [6.45, 7) is -0.0754. The molecule has 0 spiro atoms. The van der Waals surface area contributed by atoms with Gasteiger partial charge in [-0.2, -0.15) is 0 Å². The Bertz CT molecular complexity index is 1210. The summed E-state index contributed by atoms with van der Waals surface area (Å²) in [4.78, 5) is 51.3. The maximum atomic E-state index is 12.3. The first kappa shape index (κ1) is 23.5. The number of halogens is 1. The lowest BCUT2D eigenvalue weighted by molar-refractivity contribution is -0.121. The Labute approximate surface area is 205 Å². The maximum Gasteiger partial charge on any atom is 0.269 e. The zero-order chi connectivity index (χ0) is 24.1. The highest BCUT2D eigenvalue weighted by atomic mass is 35.5. The van der Waals surface area contributed by atoms with E-state index in [4.69, 9.17) is 11.6 Å². The zero-order valence-electron chi connectivity index (χ0n) is 17.9. The smallest absolute Gasteiger partial charge is 0.269 e. The van der Waals surface area contributed by atoms with Crippen LogP contribution in [0.2, 0.25) is 5.02 Å². The molecule has 0 atom stereocenters. The summed E-state index contributed by atoms with van der Waals surface area (Å²) in [5.74, 6) is -1.09. The van der Waals surface area contributed by atoms with Crippen LogP contribution < -0.4 is 10.9 Å². The summed E-state index contributed by atoms with van der Waals surface area (Å²) in [6.07, 6.45) is -0.132. The molecule has 2 N–H and O–H groups in total. The highest BCUT2D eigenvalue weighted by Crippen LogP contribution is 2.24. The van der Waals surface area contributed by atoms with Crippen molar-refractivity contribution in [2.45, 2.75) is 17.1 Å². The van der Waals surface area contributed by atoms with E-state index >= 15 is 0 Å². The first-order valence-electron chi connectivity index (χ1n) is 10.4. The van der Waals surface area contributed by atoms with Gasteiger partial charge in [-0.25, -0.2) is 0 Å². The van der Waals surface area contributed by atoms with Gasteiger partial charge < -0.3 is 0 Å². The van der Waals surface area contributed by atoms with Crippen LogP contribution in [0.5, 0.6) is 0 Å². The van der Waals surface area contributed by atoms with Gasteiger partial charge in [-0.15, -0.1) is 11.8 Å². The number of hydrazine groups is 1. The second kappa shape index (κ2) is 10.5. The van der Waals surface area contributed by atoms with E-state index in [1.165, 1.54) is 0 Å². The van der Waals surface area contributed by atoms with Crippen molar-refractivity contribution in [1.82, 2.24) is 15.8 Å². The minimum Gasteiger partial charge on any atom is -0.274 e. The van der Waals surface area contributed by atoms with E-state index in [9.17, 15) is 19.2 Å². The topological polar surface area (TPSA) is 95.6 Å². The normalized spacial score (nSPS) is 12.4.